The molecule has 2 rings (SSSR count). The quantitative estimate of drug-likeness (QED) is 0.817. The molecule has 0 heterocycles. The Morgan fingerprint density at radius 2 is 1.75 bits per heavy atom. The van der Waals surface area contributed by atoms with Crippen LogP contribution in [0.25, 0.3) is 11.1 Å². The molecule has 0 radical (unpaired) electrons. The summed E-state index contributed by atoms with van der Waals surface area (Å²) in [6.07, 6.45) is 1.10. The SMILES string of the molecule is CC(=O)c1c(F)cccc1-c1cccc(S(C)(=O)=O)c1. The summed E-state index contributed by atoms with van der Waals surface area (Å²) in [7, 11) is -3.36. The maximum absolute atomic E-state index is 13.8. The van der Waals surface area contributed by atoms with E-state index < -0.39 is 21.4 Å². The third kappa shape index (κ3) is 2.77. The molecular weight excluding hydrogens is 279 g/mol. The van der Waals surface area contributed by atoms with E-state index in [2.05, 4.69) is 0 Å². The summed E-state index contributed by atoms with van der Waals surface area (Å²) >= 11 is 0. The van der Waals surface area contributed by atoms with Gasteiger partial charge in [0.2, 0.25) is 0 Å². The highest BCUT2D eigenvalue weighted by atomic mass is 32.2. The lowest BCUT2D eigenvalue weighted by molar-refractivity contribution is 0.101. The van der Waals surface area contributed by atoms with Gasteiger partial charge in [0.1, 0.15) is 5.82 Å². The maximum atomic E-state index is 13.8. The second kappa shape index (κ2) is 5.17. The van der Waals surface area contributed by atoms with Crippen LogP contribution in [0.5, 0.6) is 0 Å². The Morgan fingerprint density at radius 3 is 2.35 bits per heavy atom. The number of hydrogen-bond donors (Lipinski definition) is 0. The zero-order valence-corrected chi connectivity index (χ0v) is 11.9. The molecule has 0 bridgehead atoms. The number of carbonyl (C=O) groups excluding carboxylic acids is 1. The van der Waals surface area contributed by atoms with Crippen LogP contribution in [0.4, 0.5) is 4.39 Å². The lowest BCUT2D eigenvalue weighted by Crippen LogP contribution is -2.01. The van der Waals surface area contributed by atoms with Gasteiger partial charge in [0.25, 0.3) is 0 Å². The molecule has 0 N–H and O–H groups in total. The summed E-state index contributed by atoms with van der Waals surface area (Å²) in [5, 5.41) is 0. The Bertz CT molecular complexity index is 779. The molecule has 5 heteroatoms. The molecule has 0 aliphatic carbocycles. The predicted molar refractivity (Wildman–Crippen MR) is 75.0 cm³/mol. The fraction of sp³-hybridized carbons (Fsp3) is 0.133. The van der Waals surface area contributed by atoms with Gasteiger partial charge in [0.15, 0.2) is 15.6 Å². The minimum Gasteiger partial charge on any atom is -0.294 e. The molecule has 0 spiro atoms. The maximum Gasteiger partial charge on any atom is 0.175 e. The number of hydrogen-bond acceptors (Lipinski definition) is 3. The number of ketones is 1. The number of sulfone groups is 1. The monoisotopic (exact) mass is 292 g/mol. The molecule has 104 valence electrons. The van der Waals surface area contributed by atoms with E-state index >= 15 is 0 Å². The molecule has 2 aromatic rings. The second-order valence-corrected chi connectivity index (χ2v) is 6.53. The molecule has 2 aromatic carbocycles. The van der Waals surface area contributed by atoms with Crippen LogP contribution < -0.4 is 0 Å². The van der Waals surface area contributed by atoms with Crippen molar-refractivity contribution in [2.24, 2.45) is 0 Å². The van der Waals surface area contributed by atoms with E-state index in [4.69, 9.17) is 0 Å². The van der Waals surface area contributed by atoms with E-state index in [1.165, 1.54) is 31.2 Å². The number of rotatable bonds is 3. The normalized spacial score (nSPS) is 11.3. The lowest BCUT2D eigenvalue weighted by atomic mass is 9.97. The van der Waals surface area contributed by atoms with Crippen molar-refractivity contribution >= 4 is 15.6 Å². The second-order valence-electron chi connectivity index (χ2n) is 4.52. The highest BCUT2D eigenvalue weighted by Gasteiger charge is 2.15. The first-order valence-corrected chi connectivity index (χ1v) is 7.80. The summed E-state index contributed by atoms with van der Waals surface area (Å²) in [5.74, 6) is -1.01. The van der Waals surface area contributed by atoms with E-state index in [0.29, 0.717) is 11.1 Å². The number of halogens is 1. The zero-order chi connectivity index (χ0) is 14.9. The van der Waals surface area contributed by atoms with Gasteiger partial charge < -0.3 is 0 Å². The number of Topliss-reactive ketones (excluding diaryl/α,β-unsaturated/α-hetero) is 1. The summed E-state index contributed by atoms with van der Waals surface area (Å²) < 4.78 is 36.9. The van der Waals surface area contributed by atoms with Gasteiger partial charge >= 0.3 is 0 Å². The van der Waals surface area contributed by atoms with Crippen LogP contribution >= 0.6 is 0 Å². The summed E-state index contributed by atoms with van der Waals surface area (Å²) in [6, 6.07) is 10.4. The highest BCUT2D eigenvalue weighted by Crippen LogP contribution is 2.28. The van der Waals surface area contributed by atoms with Crippen LogP contribution in [0.15, 0.2) is 47.4 Å². The fourth-order valence-corrected chi connectivity index (χ4v) is 2.68. The zero-order valence-electron chi connectivity index (χ0n) is 11.1. The molecule has 0 unspecified atom stereocenters. The minimum atomic E-state index is -3.36. The van der Waals surface area contributed by atoms with E-state index in [1.54, 1.807) is 18.2 Å². The van der Waals surface area contributed by atoms with Crippen LogP contribution in [-0.4, -0.2) is 20.5 Å². The third-order valence-electron chi connectivity index (χ3n) is 2.94. The van der Waals surface area contributed by atoms with E-state index in [9.17, 15) is 17.6 Å². The number of carbonyl (C=O) groups is 1. The van der Waals surface area contributed by atoms with Gasteiger partial charge in [0, 0.05) is 6.26 Å². The Hall–Kier alpha value is -2.01. The minimum absolute atomic E-state index is 0.0295. The third-order valence-corrected chi connectivity index (χ3v) is 4.05. The van der Waals surface area contributed by atoms with Gasteiger partial charge in [-0.1, -0.05) is 24.3 Å². The van der Waals surface area contributed by atoms with Crippen molar-refractivity contribution in [3.8, 4) is 11.1 Å². The Kier molecular flexibility index (Phi) is 3.72. The van der Waals surface area contributed by atoms with Gasteiger partial charge in [-0.25, -0.2) is 12.8 Å². The highest BCUT2D eigenvalue weighted by molar-refractivity contribution is 7.90. The Morgan fingerprint density at radius 1 is 1.10 bits per heavy atom. The van der Waals surface area contributed by atoms with Gasteiger partial charge in [-0.15, -0.1) is 0 Å². The number of benzene rings is 2. The topological polar surface area (TPSA) is 51.2 Å². The van der Waals surface area contributed by atoms with E-state index in [-0.39, 0.29) is 10.5 Å². The first-order valence-electron chi connectivity index (χ1n) is 5.90. The molecule has 0 atom stereocenters. The van der Waals surface area contributed by atoms with Crippen molar-refractivity contribution in [2.75, 3.05) is 6.26 Å². The first-order chi connectivity index (χ1) is 9.30. The predicted octanol–water partition coefficient (Wildman–Crippen LogP) is 3.10. The van der Waals surface area contributed by atoms with Crippen molar-refractivity contribution in [2.45, 2.75) is 11.8 Å². The average Bonchev–Trinajstić information content (AvgIpc) is 2.37. The van der Waals surface area contributed by atoms with Crippen molar-refractivity contribution < 1.29 is 17.6 Å². The summed E-state index contributed by atoms with van der Waals surface area (Å²) in [4.78, 5) is 11.7. The summed E-state index contributed by atoms with van der Waals surface area (Å²) in [5.41, 5.74) is 0.860. The van der Waals surface area contributed by atoms with Crippen molar-refractivity contribution in [1.82, 2.24) is 0 Å². The lowest BCUT2D eigenvalue weighted by Gasteiger charge is -2.09. The van der Waals surface area contributed by atoms with Crippen molar-refractivity contribution in [1.29, 1.82) is 0 Å². The standard InChI is InChI=1S/C15H13FO3S/c1-10(17)15-13(7-4-8-14(15)16)11-5-3-6-12(9-11)20(2,18)19/h3-9H,1-2H3. The van der Waals surface area contributed by atoms with E-state index in [1.807, 2.05) is 0 Å². The molecule has 0 aliphatic rings. The smallest absolute Gasteiger partial charge is 0.175 e. The van der Waals surface area contributed by atoms with Crippen molar-refractivity contribution in [3.63, 3.8) is 0 Å². The van der Waals surface area contributed by atoms with Gasteiger partial charge in [0.05, 0.1) is 10.5 Å². The molecule has 0 saturated heterocycles. The van der Waals surface area contributed by atoms with Crippen LogP contribution in [-0.2, 0) is 9.84 Å². The van der Waals surface area contributed by atoms with Gasteiger partial charge in [-0.2, -0.15) is 0 Å². The molecular formula is C15H13FO3S. The molecule has 0 aliphatic heterocycles. The molecule has 0 aromatic heterocycles. The molecule has 0 saturated carbocycles. The Labute approximate surface area is 117 Å². The largest absolute Gasteiger partial charge is 0.294 e. The fourth-order valence-electron chi connectivity index (χ4n) is 2.02. The molecule has 0 amide bonds. The van der Waals surface area contributed by atoms with Crippen molar-refractivity contribution in [3.05, 3.63) is 53.8 Å². The van der Waals surface area contributed by atoms with Crippen LogP contribution in [0.1, 0.15) is 17.3 Å². The molecule has 0 fully saturated rings. The van der Waals surface area contributed by atoms with Gasteiger partial charge in [-0.3, -0.25) is 4.79 Å². The van der Waals surface area contributed by atoms with Crippen LogP contribution in [0.2, 0.25) is 0 Å². The van der Waals surface area contributed by atoms with E-state index in [0.717, 1.165) is 6.26 Å². The average molecular weight is 292 g/mol. The van der Waals surface area contributed by atoms with Gasteiger partial charge in [-0.05, 0) is 36.2 Å². The molecule has 20 heavy (non-hydrogen) atoms. The molecule has 3 nitrogen and oxygen atoms in total. The summed E-state index contributed by atoms with van der Waals surface area (Å²) in [6.45, 7) is 1.28. The Balaban J connectivity index is 2.70. The van der Waals surface area contributed by atoms with Crippen LogP contribution in [0, 0.1) is 5.82 Å². The first kappa shape index (κ1) is 14.4. The van der Waals surface area contributed by atoms with Crippen LogP contribution in [0.3, 0.4) is 0 Å².